The number of allylic oxidation sites excluding steroid dienone is 4. The highest BCUT2D eigenvalue weighted by Crippen LogP contribution is 2.43. The lowest BCUT2D eigenvalue weighted by Gasteiger charge is -2.42. The van der Waals surface area contributed by atoms with Crippen LogP contribution in [0.4, 0.5) is 26.3 Å². The van der Waals surface area contributed by atoms with Crippen LogP contribution in [0.5, 0.6) is 5.75 Å². The number of halogens is 6. The number of benzene rings is 2. The molecule has 39 heavy (non-hydrogen) atoms. The molecule has 1 saturated heterocycles. The molecule has 0 spiro atoms. The molecule has 2 aromatic rings. The molecule has 2 unspecified atom stereocenters. The summed E-state index contributed by atoms with van der Waals surface area (Å²) in [4.78, 5) is 24.1. The Morgan fingerprint density at radius 1 is 0.949 bits per heavy atom. The zero-order chi connectivity index (χ0) is 28.3. The molecule has 1 aliphatic carbocycles. The lowest BCUT2D eigenvalue weighted by atomic mass is 9.64. The largest absolute Gasteiger partial charge is 0.573 e. The van der Waals surface area contributed by atoms with Gasteiger partial charge in [0.25, 0.3) is 0 Å². The first-order valence-electron chi connectivity index (χ1n) is 11.9. The summed E-state index contributed by atoms with van der Waals surface area (Å²) in [7, 11) is 0. The van der Waals surface area contributed by atoms with Gasteiger partial charge in [0.2, 0.25) is 11.8 Å². The van der Waals surface area contributed by atoms with Crippen molar-refractivity contribution in [3.63, 3.8) is 0 Å². The highest BCUT2D eigenvalue weighted by molar-refractivity contribution is 5.97. The zero-order valence-electron chi connectivity index (χ0n) is 20.3. The Hall–Kier alpha value is -3.96. The van der Waals surface area contributed by atoms with Crippen LogP contribution in [0.2, 0.25) is 0 Å². The predicted molar refractivity (Wildman–Crippen MR) is 127 cm³/mol. The molecular formula is C27H24F6N2O4. The van der Waals surface area contributed by atoms with Crippen molar-refractivity contribution in [3.05, 3.63) is 89.7 Å². The van der Waals surface area contributed by atoms with E-state index in [9.17, 15) is 35.9 Å². The Morgan fingerprint density at radius 3 is 2.28 bits per heavy atom. The summed E-state index contributed by atoms with van der Waals surface area (Å²) in [5.74, 6) is -2.48. The number of alkyl halides is 6. The van der Waals surface area contributed by atoms with Gasteiger partial charge < -0.3 is 20.1 Å². The van der Waals surface area contributed by atoms with Gasteiger partial charge >= 0.3 is 12.7 Å². The van der Waals surface area contributed by atoms with E-state index in [4.69, 9.17) is 0 Å². The molecule has 0 saturated carbocycles. The van der Waals surface area contributed by atoms with Gasteiger partial charge in [-0.2, -0.15) is 0 Å². The maximum Gasteiger partial charge on any atom is 0.573 e. The monoisotopic (exact) mass is 554 g/mol. The number of amides is 2. The van der Waals surface area contributed by atoms with Gasteiger partial charge in [-0.15, -0.1) is 26.3 Å². The average molecular weight is 554 g/mol. The third kappa shape index (κ3) is 7.33. The van der Waals surface area contributed by atoms with Crippen molar-refractivity contribution in [3.8, 4) is 5.75 Å². The van der Waals surface area contributed by atoms with E-state index in [0.717, 1.165) is 11.6 Å². The molecule has 1 heterocycles. The summed E-state index contributed by atoms with van der Waals surface area (Å²) in [5, 5.41) is 5.21. The topological polar surface area (TPSA) is 76.7 Å². The molecule has 0 aromatic heterocycles. The molecule has 0 bridgehead atoms. The number of ether oxygens (including phenoxy) is 2. The smallest absolute Gasteiger partial charge is 0.410 e. The van der Waals surface area contributed by atoms with Crippen molar-refractivity contribution in [1.82, 2.24) is 10.6 Å². The van der Waals surface area contributed by atoms with E-state index in [0.29, 0.717) is 5.56 Å². The molecule has 2 amide bonds. The first-order valence-corrected chi connectivity index (χ1v) is 11.9. The van der Waals surface area contributed by atoms with E-state index < -0.39 is 41.8 Å². The summed E-state index contributed by atoms with van der Waals surface area (Å²) in [6.07, 6.45) is -5.86. The summed E-state index contributed by atoms with van der Waals surface area (Å²) in [6.45, 7) is -0.170. The van der Waals surface area contributed by atoms with Crippen molar-refractivity contribution in [2.45, 2.75) is 43.4 Å². The van der Waals surface area contributed by atoms with Gasteiger partial charge in [-0.1, -0.05) is 54.6 Å². The van der Waals surface area contributed by atoms with Gasteiger partial charge in [-0.05, 0) is 41.7 Å². The van der Waals surface area contributed by atoms with E-state index in [1.54, 1.807) is 42.5 Å². The molecule has 3 atom stereocenters. The van der Waals surface area contributed by atoms with Gasteiger partial charge in [0.15, 0.2) is 0 Å². The van der Waals surface area contributed by atoms with Crippen LogP contribution >= 0.6 is 0 Å². The standard InChI is InChI=1S/C27H24F6N2O4/c28-26(29,30)38-20-10-4-8-18(12-20)25(15-17-6-2-1-3-7-17,16-34-24(37)22-14-23(36)35-22)19-9-5-11-21(13-19)39-27(31,32)33/h1-12,19,22H,13-16H2,(H,34,37)(H,35,36)/t19?,22-,25?/m1/s1. The van der Waals surface area contributed by atoms with Crippen molar-refractivity contribution in [1.29, 1.82) is 0 Å². The molecule has 12 heteroatoms. The fourth-order valence-electron chi connectivity index (χ4n) is 4.84. The molecular weight excluding hydrogens is 530 g/mol. The Bertz CT molecular complexity index is 1250. The Balaban J connectivity index is 1.77. The van der Waals surface area contributed by atoms with E-state index in [-0.39, 0.29) is 37.5 Å². The summed E-state index contributed by atoms with van der Waals surface area (Å²) in [5.41, 5.74) is -0.221. The molecule has 208 valence electrons. The van der Waals surface area contributed by atoms with Crippen LogP contribution in [-0.4, -0.2) is 37.1 Å². The third-order valence-electron chi connectivity index (χ3n) is 6.63. The van der Waals surface area contributed by atoms with Crippen molar-refractivity contribution in [2.75, 3.05) is 6.54 Å². The second kappa shape index (κ2) is 11.0. The van der Waals surface area contributed by atoms with E-state index in [2.05, 4.69) is 20.1 Å². The maximum absolute atomic E-state index is 13.1. The Kier molecular flexibility index (Phi) is 7.94. The molecule has 2 aromatic carbocycles. The summed E-state index contributed by atoms with van der Waals surface area (Å²) in [6, 6.07) is 13.2. The van der Waals surface area contributed by atoms with Crippen LogP contribution in [0.1, 0.15) is 24.0 Å². The van der Waals surface area contributed by atoms with Gasteiger partial charge in [0.05, 0.1) is 6.42 Å². The SMILES string of the molecule is O=C1C[C@H](C(=O)NCC(Cc2ccccc2)(c2cccc(OC(F)(F)F)c2)C2C=CC=C(OC(F)(F)F)C2)N1. The minimum absolute atomic E-state index is 0.0257. The summed E-state index contributed by atoms with van der Waals surface area (Å²) >= 11 is 0. The number of rotatable bonds is 9. The maximum atomic E-state index is 13.1. The molecule has 4 rings (SSSR count). The third-order valence-corrected chi connectivity index (χ3v) is 6.63. The normalized spacial score (nSPS) is 20.7. The molecule has 1 fully saturated rings. The van der Waals surface area contributed by atoms with Crippen molar-refractivity contribution >= 4 is 11.8 Å². The average Bonchev–Trinajstić information content (AvgIpc) is 2.83. The van der Waals surface area contributed by atoms with Gasteiger partial charge in [-0.25, -0.2) is 0 Å². The lowest BCUT2D eigenvalue weighted by Crippen LogP contribution is -2.59. The molecule has 2 aliphatic rings. The van der Waals surface area contributed by atoms with Gasteiger partial charge in [-0.3, -0.25) is 9.59 Å². The highest BCUT2D eigenvalue weighted by Gasteiger charge is 2.44. The number of β-lactam (4-membered cyclic amide) rings is 1. The van der Waals surface area contributed by atoms with Crippen LogP contribution in [-0.2, 0) is 26.2 Å². The van der Waals surface area contributed by atoms with E-state index in [1.165, 1.54) is 24.3 Å². The number of hydrogen-bond acceptors (Lipinski definition) is 4. The fraction of sp³-hybridized carbons (Fsp3) is 0.333. The first kappa shape index (κ1) is 28.1. The lowest BCUT2D eigenvalue weighted by molar-refractivity contribution is -0.307. The number of hydrogen-bond donors (Lipinski definition) is 2. The minimum Gasteiger partial charge on any atom is -0.410 e. The molecule has 0 radical (unpaired) electrons. The van der Waals surface area contributed by atoms with Crippen LogP contribution < -0.4 is 15.4 Å². The molecule has 2 N–H and O–H groups in total. The zero-order valence-corrected chi connectivity index (χ0v) is 20.3. The van der Waals surface area contributed by atoms with E-state index in [1.807, 2.05) is 0 Å². The number of carbonyl (C=O) groups excluding carboxylic acids is 2. The quantitative estimate of drug-likeness (QED) is 0.336. The number of carbonyl (C=O) groups is 2. The van der Waals surface area contributed by atoms with Crippen LogP contribution in [0.3, 0.4) is 0 Å². The highest BCUT2D eigenvalue weighted by atomic mass is 19.4. The van der Waals surface area contributed by atoms with Crippen LogP contribution in [0.15, 0.2) is 78.6 Å². The van der Waals surface area contributed by atoms with Gasteiger partial charge in [0, 0.05) is 18.4 Å². The number of nitrogens with one attached hydrogen (secondary N) is 2. The summed E-state index contributed by atoms with van der Waals surface area (Å²) < 4.78 is 86.6. The Labute approximate surface area is 219 Å². The second-order valence-electron chi connectivity index (χ2n) is 9.31. The first-order chi connectivity index (χ1) is 18.3. The molecule has 6 nitrogen and oxygen atoms in total. The van der Waals surface area contributed by atoms with Crippen molar-refractivity contribution in [2.24, 2.45) is 5.92 Å². The van der Waals surface area contributed by atoms with Gasteiger partial charge in [0.1, 0.15) is 17.6 Å². The predicted octanol–water partition coefficient (Wildman–Crippen LogP) is 5.07. The van der Waals surface area contributed by atoms with Crippen LogP contribution in [0, 0.1) is 5.92 Å². The van der Waals surface area contributed by atoms with Crippen LogP contribution in [0.25, 0.3) is 0 Å². The second-order valence-corrected chi connectivity index (χ2v) is 9.31. The minimum atomic E-state index is -4.97. The van der Waals surface area contributed by atoms with E-state index >= 15 is 0 Å². The molecule has 1 aliphatic heterocycles. The Morgan fingerprint density at radius 2 is 1.64 bits per heavy atom. The fourth-order valence-corrected chi connectivity index (χ4v) is 4.84. The van der Waals surface area contributed by atoms with Crippen molar-refractivity contribution < 1.29 is 45.4 Å².